The normalized spacial score (nSPS) is 10.6. The number of pyridine rings is 2. The molecule has 3 heteroatoms. The number of nitrogens with zero attached hydrogens (tertiary/aromatic N) is 2. The van der Waals surface area contributed by atoms with Gasteiger partial charge < -0.3 is 0 Å². The maximum absolute atomic E-state index is 6.13. The molecule has 1 aromatic carbocycles. The van der Waals surface area contributed by atoms with Crippen LogP contribution in [0.15, 0.2) is 54.7 Å². The lowest BCUT2D eigenvalue weighted by atomic mass is 10.1. The molecule has 0 amide bonds. The van der Waals surface area contributed by atoms with E-state index < -0.39 is 0 Å². The van der Waals surface area contributed by atoms with E-state index in [4.69, 9.17) is 11.6 Å². The quantitative estimate of drug-likeness (QED) is 0.644. The summed E-state index contributed by atoms with van der Waals surface area (Å²) in [6, 6.07) is 15.5. The Morgan fingerprint density at radius 2 is 1.76 bits per heavy atom. The second-order valence-corrected chi connectivity index (χ2v) is 4.13. The average molecular weight is 241 g/mol. The highest BCUT2D eigenvalue weighted by molar-refractivity contribution is 6.35. The van der Waals surface area contributed by atoms with Gasteiger partial charge in [0.25, 0.3) is 0 Å². The van der Waals surface area contributed by atoms with Crippen LogP contribution in [0.2, 0.25) is 5.02 Å². The molecule has 0 aliphatic heterocycles. The van der Waals surface area contributed by atoms with Crippen molar-refractivity contribution >= 4 is 22.5 Å². The SMILES string of the molecule is Clc1cccc2ccc(-c3ccccn3)nc12. The summed E-state index contributed by atoms with van der Waals surface area (Å²) in [6.07, 6.45) is 1.76. The van der Waals surface area contributed by atoms with Gasteiger partial charge in [0.15, 0.2) is 0 Å². The van der Waals surface area contributed by atoms with Gasteiger partial charge in [-0.25, -0.2) is 4.98 Å². The molecule has 0 unspecified atom stereocenters. The van der Waals surface area contributed by atoms with Gasteiger partial charge in [-0.1, -0.05) is 35.9 Å². The van der Waals surface area contributed by atoms with Crippen LogP contribution in [-0.4, -0.2) is 9.97 Å². The van der Waals surface area contributed by atoms with E-state index in [-0.39, 0.29) is 0 Å². The minimum atomic E-state index is 0.667. The molecule has 0 atom stereocenters. The smallest absolute Gasteiger partial charge is 0.0896 e. The average Bonchev–Trinajstić information content (AvgIpc) is 2.40. The van der Waals surface area contributed by atoms with Crippen molar-refractivity contribution in [3.8, 4) is 11.4 Å². The Balaban J connectivity index is 2.23. The number of fused-ring (bicyclic) bond motifs is 1. The van der Waals surface area contributed by atoms with E-state index in [1.807, 2.05) is 48.5 Å². The molecule has 0 bridgehead atoms. The third-order valence-corrected chi connectivity index (χ3v) is 2.90. The Bertz CT molecular complexity index is 665. The van der Waals surface area contributed by atoms with Crippen LogP contribution in [0.3, 0.4) is 0 Å². The largest absolute Gasteiger partial charge is 0.255 e. The first-order valence-electron chi connectivity index (χ1n) is 5.31. The first kappa shape index (κ1) is 10.2. The lowest BCUT2D eigenvalue weighted by Gasteiger charge is -2.03. The Labute approximate surface area is 104 Å². The van der Waals surface area contributed by atoms with E-state index in [2.05, 4.69) is 9.97 Å². The number of benzene rings is 1. The van der Waals surface area contributed by atoms with Crippen LogP contribution in [0.4, 0.5) is 0 Å². The molecule has 0 aliphatic carbocycles. The van der Waals surface area contributed by atoms with Crippen LogP contribution in [0, 0.1) is 0 Å². The van der Waals surface area contributed by atoms with Crippen LogP contribution < -0.4 is 0 Å². The van der Waals surface area contributed by atoms with Gasteiger partial charge in [-0.15, -0.1) is 0 Å². The summed E-state index contributed by atoms with van der Waals surface area (Å²) >= 11 is 6.13. The van der Waals surface area contributed by atoms with E-state index in [1.165, 1.54) is 0 Å². The maximum Gasteiger partial charge on any atom is 0.0896 e. The predicted octanol–water partition coefficient (Wildman–Crippen LogP) is 3.95. The Kier molecular flexibility index (Phi) is 2.50. The van der Waals surface area contributed by atoms with Gasteiger partial charge in [-0.05, 0) is 24.3 Å². The summed E-state index contributed by atoms with van der Waals surface area (Å²) < 4.78 is 0. The van der Waals surface area contributed by atoms with Gasteiger partial charge >= 0.3 is 0 Å². The summed E-state index contributed by atoms with van der Waals surface area (Å²) in [5.74, 6) is 0. The first-order chi connectivity index (χ1) is 8.34. The molecule has 2 aromatic heterocycles. The maximum atomic E-state index is 6.13. The van der Waals surface area contributed by atoms with Gasteiger partial charge in [-0.3, -0.25) is 4.98 Å². The Morgan fingerprint density at radius 1 is 0.824 bits per heavy atom. The van der Waals surface area contributed by atoms with Crippen molar-refractivity contribution < 1.29 is 0 Å². The Hall–Kier alpha value is -1.93. The molecule has 0 radical (unpaired) electrons. The van der Waals surface area contributed by atoms with Crippen molar-refractivity contribution in [1.82, 2.24) is 9.97 Å². The minimum Gasteiger partial charge on any atom is -0.255 e. The van der Waals surface area contributed by atoms with E-state index in [1.54, 1.807) is 6.20 Å². The monoisotopic (exact) mass is 240 g/mol. The van der Waals surface area contributed by atoms with E-state index in [9.17, 15) is 0 Å². The highest BCUT2D eigenvalue weighted by Gasteiger charge is 2.04. The Morgan fingerprint density at radius 3 is 2.59 bits per heavy atom. The second-order valence-electron chi connectivity index (χ2n) is 3.72. The molecule has 17 heavy (non-hydrogen) atoms. The van der Waals surface area contributed by atoms with Gasteiger partial charge in [0.05, 0.1) is 21.9 Å². The third kappa shape index (κ3) is 1.87. The predicted molar refractivity (Wildman–Crippen MR) is 70.0 cm³/mol. The highest BCUT2D eigenvalue weighted by atomic mass is 35.5. The fourth-order valence-corrected chi connectivity index (χ4v) is 1.99. The molecule has 0 spiro atoms. The van der Waals surface area contributed by atoms with Crippen molar-refractivity contribution in [2.45, 2.75) is 0 Å². The molecule has 0 N–H and O–H groups in total. The van der Waals surface area contributed by atoms with Gasteiger partial charge in [-0.2, -0.15) is 0 Å². The zero-order chi connectivity index (χ0) is 11.7. The standard InChI is InChI=1S/C14H9ClN2/c15-11-5-3-4-10-7-8-13(17-14(10)11)12-6-1-2-9-16-12/h1-9H. The van der Waals surface area contributed by atoms with E-state index in [0.29, 0.717) is 5.02 Å². The zero-order valence-corrected chi connectivity index (χ0v) is 9.72. The van der Waals surface area contributed by atoms with Gasteiger partial charge in [0.1, 0.15) is 0 Å². The number of para-hydroxylation sites is 1. The van der Waals surface area contributed by atoms with Crippen molar-refractivity contribution in [3.63, 3.8) is 0 Å². The molecule has 0 fully saturated rings. The number of aromatic nitrogens is 2. The van der Waals surface area contributed by atoms with Crippen LogP contribution in [0.1, 0.15) is 0 Å². The topological polar surface area (TPSA) is 25.8 Å². The number of hydrogen-bond acceptors (Lipinski definition) is 2. The summed E-state index contributed by atoms with van der Waals surface area (Å²) in [6.45, 7) is 0. The van der Waals surface area contributed by atoms with Crippen molar-refractivity contribution in [1.29, 1.82) is 0 Å². The molecule has 2 nitrogen and oxygen atoms in total. The molecule has 0 aliphatic rings. The van der Waals surface area contributed by atoms with E-state index in [0.717, 1.165) is 22.3 Å². The molecule has 0 saturated carbocycles. The fraction of sp³-hybridized carbons (Fsp3) is 0. The summed E-state index contributed by atoms with van der Waals surface area (Å²) in [7, 11) is 0. The van der Waals surface area contributed by atoms with Crippen molar-refractivity contribution in [2.75, 3.05) is 0 Å². The van der Waals surface area contributed by atoms with Crippen LogP contribution in [0.5, 0.6) is 0 Å². The minimum absolute atomic E-state index is 0.667. The first-order valence-corrected chi connectivity index (χ1v) is 5.69. The number of rotatable bonds is 1. The van der Waals surface area contributed by atoms with E-state index >= 15 is 0 Å². The summed E-state index contributed by atoms with van der Waals surface area (Å²) in [5, 5.41) is 1.71. The third-order valence-electron chi connectivity index (χ3n) is 2.60. The van der Waals surface area contributed by atoms with Crippen LogP contribution in [-0.2, 0) is 0 Å². The second kappa shape index (κ2) is 4.15. The highest BCUT2D eigenvalue weighted by Crippen LogP contribution is 2.24. The number of hydrogen-bond donors (Lipinski definition) is 0. The summed E-state index contributed by atoms with van der Waals surface area (Å²) in [4.78, 5) is 8.83. The number of halogens is 1. The lowest BCUT2D eigenvalue weighted by molar-refractivity contribution is 1.28. The molecular formula is C14H9ClN2. The lowest BCUT2D eigenvalue weighted by Crippen LogP contribution is -1.88. The van der Waals surface area contributed by atoms with Crippen LogP contribution in [0.25, 0.3) is 22.3 Å². The molecular weight excluding hydrogens is 232 g/mol. The summed E-state index contributed by atoms with van der Waals surface area (Å²) in [5.41, 5.74) is 2.51. The van der Waals surface area contributed by atoms with Crippen molar-refractivity contribution in [3.05, 3.63) is 59.8 Å². The molecule has 82 valence electrons. The van der Waals surface area contributed by atoms with Gasteiger partial charge in [0.2, 0.25) is 0 Å². The molecule has 2 heterocycles. The molecule has 0 saturated heterocycles. The van der Waals surface area contributed by atoms with Crippen molar-refractivity contribution in [2.24, 2.45) is 0 Å². The van der Waals surface area contributed by atoms with Gasteiger partial charge in [0, 0.05) is 11.6 Å². The zero-order valence-electron chi connectivity index (χ0n) is 8.97. The van der Waals surface area contributed by atoms with Crippen LogP contribution >= 0.6 is 11.6 Å². The fourth-order valence-electron chi connectivity index (χ4n) is 1.77. The molecule has 3 rings (SSSR count). The molecule has 3 aromatic rings.